The smallest absolute Gasteiger partial charge is 0.335 e. The van der Waals surface area contributed by atoms with Gasteiger partial charge in [-0.3, -0.25) is 0 Å². The summed E-state index contributed by atoms with van der Waals surface area (Å²) < 4.78 is 0. The van der Waals surface area contributed by atoms with Crippen molar-refractivity contribution in [2.24, 2.45) is 0 Å². The number of carboxylic acid groups (broad SMARTS) is 1. The number of aromatic amines is 1. The number of carboxylic acids is 1. The fraction of sp³-hybridized carbons (Fsp3) is 0. The molecule has 1 heterocycles. The summed E-state index contributed by atoms with van der Waals surface area (Å²) >= 11 is 0. The summed E-state index contributed by atoms with van der Waals surface area (Å²) in [5, 5.41) is 10.6. The van der Waals surface area contributed by atoms with E-state index in [4.69, 9.17) is 5.11 Å². The first-order chi connectivity index (χ1) is 5.77. The van der Waals surface area contributed by atoms with Crippen molar-refractivity contribution in [2.75, 3.05) is 0 Å². The van der Waals surface area contributed by atoms with Gasteiger partial charge in [0.1, 0.15) is 0 Å². The average Bonchev–Trinajstić information content (AvgIpc) is 2.49. The second kappa shape index (κ2) is 2.37. The summed E-state index contributed by atoms with van der Waals surface area (Å²) in [6.07, 6.45) is 3.61. The largest absolute Gasteiger partial charge is 0.478 e. The van der Waals surface area contributed by atoms with E-state index in [0.29, 0.717) is 5.56 Å². The van der Waals surface area contributed by atoms with Gasteiger partial charge in [-0.2, -0.15) is 0 Å². The molecule has 3 nitrogen and oxygen atoms in total. The average molecular weight is 161 g/mol. The Balaban J connectivity index is 2.68. The van der Waals surface area contributed by atoms with Gasteiger partial charge < -0.3 is 10.1 Å². The molecule has 0 unspecified atom stereocenters. The molecule has 0 spiro atoms. The standard InChI is InChI=1S/C9H7NO2/c11-9(12)6-1-2-7-4-10-5-8(7)3-6/h1-5,10H,(H,11,12). The predicted molar refractivity (Wildman–Crippen MR) is 45.3 cm³/mol. The highest BCUT2D eigenvalue weighted by molar-refractivity contribution is 5.94. The quantitative estimate of drug-likeness (QED) is 0.670. The fourth-order valence-electron chi connectivity index (χ4n) is 1.19. The van der Waals surface area contributed by atoms with Crippen LogP contribution in [0.4, 0.5) is 0 Å². The van der Waals surface area contributed by atoms with Crippen LogP contribution in [0.2, 0.25) is 0 Å². The number of aromatic carboxylic acids is 1. The van der Waals surface area contributed by atoms with E-state index >= 15 is 0 Å². The number of hydrogen-bond acceptors (Lipinski definition) is 1. The Kier molecular flexibility index (Phi) is 1.37. The molecule has 0 aliphatic rings. The van der Waals surface area contributed by atoms with E-state index in [1.165, 1.54) is 0 Å². The molecule has 2 rings (SSSR count). The van der Waals surface area contributed by atoms with Crippen LogP contribution >= 0.6 is 0 Å². The van der Waals surface area contributed by atoms with Crippen molar-refractivity contribution in [1.82, 2.24) is 4.98 Å². The van der Waals surface area contributed by atoms with Crippen molar-refractivity contribution in [3.63, 3.8) is 0 Å². The number of nitrogens with one attached hydrogen (secondary N) is 1. The highest BCUT2D eigenvalue weighted by atomic mass is 16.4. The summed E-state index contributed by atoms with van der Waals surface area (Å²) in [6.45, 7) is 0. The third kappa shape index (κ3) is 0.955. The Morgan fingerprint density at radius 2 is 2.00 bits per heavy atom. The van der Waals surface area contributed by atoms with Crippen LogP contribution in [-0.4, -0.2) is 16.1 Å². The second-order valence-corrected chi connectivity index (χ2v) is 2.60. The fourth-order valence-corrected chi connectivity index (χ4v) is 1.19. The monoisotopic (exact) mass is 161 g/mol. The molecule has 0 atom stereocenters. The molecule has 2 N–H and O–H groups in total. The van der Waals surface area contributed by atoms with Crippen LogP contribution in [0.1, 0.15) is 10.4 Å². The van der Waals surface area contributed by atoms with Gasteiger partial charge in [0.15, 0.2) is 0 Å². The summed E-state index contributed by atoms with van der Waals surface area (Å²) in [6, 6.07) is 5.03. The molecule has 3 heteroatoms. The Morgan fingerprint density at radius 3 is 2.75 bits per heavy atom. The van der Waals surface area contributed by atoms with Crippen molar-refractivity contribution in [2.45, 2.75) is 0 Å². The van der Waals surface area contributed by atoms with Gasteiger partial charge in [-0.1, -0.05) is 6.07 Å². The van der Waals surface area contributed by atoms with Crippen molar-refractivity contribution < 1.29 is 9.90 Å². The first kappa shape index (κ1) is 6.91. The van der Waals surface area contributed by atoms with Gasteiger partial charge in [-0.25, -0.2) is 4.79 Å². The third-order valence-corrected chi connectivity index (χ3v) is 1.81. The van der Waals surface area contributed by atoms with Gasteiger partial charge in [0, 0.05) is 12.4 Å². The van der Waals surface area contributed by atoms with Gasteiger partial charge in [-0.15, -0.1) is 0 Å². The molecule has 0 saturated heterocycles. The van der Waals surface area contributed by atoms with Crippen molar-refractivity contribution >= 4 is 16.7 Å². The van der Waals surface area contributed by atoms with Crippen LogP contribution in [0.3, 0.4) is 0 Å². The van der Waals surface area contributed by atoms with Gasteiger partial charge >= 0.3 is 5.97 Å². The molecule has 1 aromatic carbocycles. The SMILES string of the molecule is O=C(O)c1ccc2c[nH]cc2c1. The Labute approximate surface area is 68.6 Å². The van der Waals surface area contributed by atoms with Gasteiger partial charge in [0.2, 0.25) is 0 Å². The van der Waals surface area contributed by atoms with E-state index in [9.17, 15) is 4.79 Å². The lowest BCUT2D eigenvalue weighted by atomic mass is 10.1. The van der Waals surface area contributed by atoms with Gasteiger partial charge in [0.05, 0.1) is 5.56 Å². The molecule has 12 heavy (non-hydrogen) atoms. The summed E-state index contributed by atoms with van der Waals surface area (Å²) in [4.78, 5) is 13.5. The highest BCUT2D eigenvalue weighted by Gasteiger charge is 2.02. The maximum Gasteiger partial charge on any atom is 0.335 e. The number of H-pyrrole nitrogens is 1. The molecule has 0 bridgehead atoms. The first-order valence-electron chi connectivity index (χ1n) is 3.57. The number of aromatic nitrogens is 1. The van der Waals surface area contributed by atoms with E-state index in [2.05, 4.69) is 4.98 Å². The molecule has 0 amide bonds. The molecule has 1 aromatic heterocycles. The number of rotatable bonds is 1. The minimum Gasteiger partial charge on any atom is -0.478 e. The molecule has 0 aliphatic carbocycles. The van der Waals surface area contributed by atoms with E-state index in [1.54, 1.807) is 24.4 Å². The van der Waals surface area contributed by atoms with Gasteiger partial charge in [-0.05, 0) is 22.9 Å². The zero-order chi connectivity index (χ0) is 8.55. The zero-order valence-corrected chi connectivity index (χ0v) is 6.24. The van der Waals surface area contributed by atoms with Crippen LogP contribution in [0.15, 0.2) is 30.6 Å². The molecular formula is C9H7NO2. The lowest BCUT2D eigenvalue weighted by molar-refractivity contribution is 0.0697. The molecule has 0 radical (unpaired) electrons. The maximum atomic E-state index is 10.6. The summed E-state index contributed by atoms with van der Waals surface area (Å²) in [5.41, 5.74) is 0.321. The second-order valence-electron chi connectivity index (χ2n) is 2.60. The normalized spacial score (nSPS) is 10.3. The summed E-state index contributed by atoms with van der Waals surface area (Å²) in [7, 11) is 0. The minimum absolute atomic E-state index is 0.321. The van der Waals surface area contributed by atoms with Crippen LogP contribution < -0.4 is 0 Å². The van der Waals surface area contributed by atoms with E-state index in [1.807, 2.05) is 6.20 Å². The zero-order valence-electron chi connectivity index (χ0n) is 6.24. The molecule has 0 saturated carbocycles. The summed E-state index contributed by atoms with van der Waals surface area (Å²) in [5.74, 6) is -0.891. The van der Waals surface area contributed by atoms with Crippen molar-refractivity contribution in [1.29, 1.82) is 0 Å². The Bertz CT molecular complexity index is 431. The number of hydrogen-bond donors (Lipinski definition) is 2. The van der Waals surface area contributed by atoms with E-state index in [-0.39, 0.29) is 0 Å². The lowest BCUT2D eigenvalue weighted by Gasteiger charge is -1.92. The van der Waals surface area contributed by atoms with E-state index < -0.39 is 5.97 Å². The minimum atomic E-state index is -0.891. The number of carbonyl (C=O) groups is 1. The lowest BCUT2D eigenvalue weighted by Crippen LogP contribution is -1.94. The van der Waals surface area contributed by atoms with E-state index in [0.717, 1.165) is 10.8 Å². The van der Waals surface area contributed by atoms with Crippen LogP contribution in [0.25, 0.3) is 10.8 Å². The molecule has 0 fully saturated rings. The van der Waals surface area contributed by atoms with Crippen molar-refractivity contribution in [3.8, 4) is 0 Å². The van der Waals surface area contributed by atoms with Crippen molar-refractivity contribution in [3.05, 3.63) is 36.2 Å². The molecular weight excluding hydrogens is 154 g/mol. The van der Waals surface area contributed by atoms with Gasteiger partial charge in [0.25, 0.3) is 0 Å². The molecule has 60 valence electrons. The maximum absolute atomic E-state index is 10.6. The predicted octanol–water partition coefficient (Wildman–Crippen LogP) is 1.87. The highest BCUT2D eigenvalue weighted by Crippen LogP contribution is 2.14. The number of fused-ring (bicyclic) bond motifs is 1. The topological polar surface area (TPSA) is 53.1 Å². The van der Waals surface area contributed by atoms with Crippen LogP contribution in [-0.2, 0) is 0 Å². The molecule has 2 aromatic rings. The van der Waals surface area contributed by atoms with Crippen LogP contribution in [0.5, 0.6) is 0 Å². The first-order valence-corrected chi connectivity index (χ1v) is 3.57. The Hall–Kier alpha value is -1.77. The number of benzene rings is 1. The van der Waals surface area contributed by atoms with Crippen LogP contribution in [0, 0.1) is 0 Å². The third-order valence-electron chi connectivity index (χ3n) is 1.81. The molecule has 0 aliphatic heterocycles. The Morgan fingerprint density at radius 1 is 1.25 bits per heavy atom.